The number of nitrogens with zero attached hydrogens (tertiary/aromatic N) is 4. The zero-order valence-electron chi connectivity index (χ0n) is 13.3. The first kappa shape index (κ1) is 15.4. The van der Waals surface area contributed by atoms with Gasteiger partial charge < -0.3 is 10.6 Å². The molecule has 120 valence electrons. The third kappa shape index (κ3) is 3.65. The van der Waals surface area contributed by atoms with E-state index in [1.165, 1.54) is 11.8 Å². The summed E-state index contributed by atoms with van der Waals surface area (Å²) in [6.45, 7) is 6.44. The van der Waals surface area contributed by atoms with Crippen LogP contribution in [0.3, 0.4) is 0 Å². The van der Waals surface area contributed by atoms with Gasteiger partial charge in [-0.25, -0.2) is 9.97 Å². The van der Waals surface area contributed by atoms with Crippen LogP contribution < -0.4 is 10.6 Å². The molecule has 23 heavy (non-hydrogen) atoms. The van der Waals surface area contributed by atoms with E-state index < -0.39 is 5.91 Å². The van der Waals surface area contributed by atoms with Crippen LogP contribution in [0.15, 0.2) is 36.5 Å². The highest BCUT2D eigenvalue weighted by Gasteiger charge is 2.20. The Hall–Kier alpha value is -2.47. The van der Waals surface area contributed by atoms with E-state index in [0.29, 0.717) is 17.2 Å². The molecule has 3 rings (SSSR count). The SMILES string of the molecule is Cc1nc(N2CCN(Cc3ccccc3)CC2)ncc1C(N)=O. The van der Waals surface area contributed by atoms with Crippen molar-refractivity contribution in [3.05, 3.63) is 53.3 Å². The van der Waals surface area contributed by atoms with Crippen molar-refractivity contribution >= 4 is 11.9 Å². The molecule has 0 atom stereocenters. The number of aryl methyl sites for hydroxylation is 1. The normalized spacial score (nSPS) is 15.6. The lowest BCUT2D eigenvalue weighted by Crippen LogP contribution is -2.46. The third-order valence-corrected chi connectivity index (χ3v) is 4.14. The Morgan fingerprint density at radius 1 is 1.17 bits per heavy atom. The van der Waals surface area contributed by atoms with E-state index in [2.05, 4.69) is 44.0 Å². The van der Waals surface area contributed by atoms with Crippen molar-refractivity contribution in [2.75, 3.05) is 31.1 Å². The molecule has 2 heterocycles. The van der Waals surface area contributed by atoms with Crippen molar-refractivity contribution in [1.82, 2.24) is 14.9 Å². The Labute approximate surface area is 135 Å². The molecule has 1 aliphatic heterocycles. The molecule has 1 fully saturated rings. The molecule has 0 aliphatic carbocycles. The number of nitrogens with two attached hydrogens (primary N) is 1. The number of aromatic nitrogens is 2. The highest BCUT2D eigenvalue weighted by molar-refractivity contribution is 5.93. The van der Waals surface area contributed by atoms with E-state index in [4.69, 9.17) is 5.73 Å². The van der Waals surface area contributed by atoms with Gasteiger partial charge in [-0.05, 0) is 12.5 Å². The molecule has 2 N–H and O–H groups in total. The molecular formula is C17H21N5O. The van der Waals surface area contributed by atoms with Crippen LogP contribution in [-0.4, -0.2) is 47.0 Å². The second kappa shape index (κ2) is 6.75. The topological polar surface area (TPSA) is 75.3 Å². The van der Waals surface area contributed by atoms with Gasteiger partial charge in [-0.15, -0.1) is 0 Å². The van der Waals surface area contributed by atoms with Crippen LogP contribution >= 0.6 is 0 Å². The van der Waals surface area contributed by atoms with Gasteiger partial charge in [0.05, 0.1) is 11.3 Å². The molecule has 0 radical (unpaired) electrons. The number of anilines is 1. The number of rotatable bonds is 4. The summed E-state index contributed by atoms with van der Waals surface area (Å²) < 4.78 is 0. The molecule has 6 heteroatoms. The summed E-state index contributed by atoms with van der Waals surface area (Å²) in [6, 6.07) is 10.5. The lowest BCUT2D eigenvalue weighted by molar-refractivity contribution is 0.0999. The zero-order valence-corrected chi connectivity index (χ0v) is 13.3. The number of amides is 1. The van der Waals surface area contributed by atoms with E-state index in [9.17, 15) is 4.79 Å². The van der Waals surface area contributed by atoms with Gasteiger partial charge in [0, 0.05) is 38.9 Å². The predicted molar refractivity (Wildman–Crippen MR) is 89.2 cm³/mol. The average molecular weight is 311 g/mol. The quantitative estimate of drug-likeness (QED) is 0.918. The predicted octanol–water partition coefficient (Wildman–Crippen LogP) is 1.21. The third-order valence-electron chi connectivity index (χ3n) is 4.14. The van der Waals surface area contributed by atoms with Crippen molar-refractivity contribution in [3.63, 3.8) is 0 Å². The molecule has 1 aromatic carbocycles. The minimum absolute atomic E-state index is 0.386. The number of hydrogen-bond donors (Lipinski definition) is 1. The molecule has 0 saturated carbocycles. The molecule has 1 saturated heterocycles. The summed E-state index contributed by atoms with van der Waals surface area (Å²) in [5, 5.41) is 0. The molecule has 2 aromatic rings. The van der Waals surface area contributed by atoms with E-state index in [1.54, 1.807) is 6.92 Å². The second-order valence-electron chi connectivity index (χ2n) is 5.78. The summed E-state index contributed by atoms with van der Waals surface area (Å²) in [5.41, 5.74) is 7.65. The Morgan fingerprint density at radius 3 is 2.48 bits per heavy atom. The number of carbonyl (C=O) groups excluding carboxylic acids is 1. The van der Waals surface area contributed by atoms with Crippen molar-refractivity contribution < 1.29 is 4.79 Å². The largest absolute Gasteiger partial charge is 0.365 e. The first-order valence-corrected chi connectivity index (χ1v) is 7.78. The fourth-order valence-electron chi connectivity index (χ4n) is 2.80. The number of piperazine rings is 1. The van der Waals surface area contributed by atoms with E-state index >= 15 is 0 Å². The van der Waals surface area contributed by atoms with Gasteiger partial charge in [-0.3, -0.25) is 9.69 Å². The van der Waals surface area contributed by atoms with Gasteiger partial charge in [-0.1, -0.05) is 30.3 Å². The van der Waals surface area contributed by atoms with Crippen LogP contribution in [0.4, 0.5) is 5.95 Å². The minimum atomic E-state index is -0.485. The molecule has 1 amide bonds. The Morgan fingerprint density at radius 2 is 1.87 bits per heavy atom. The minimum Gasteiger partial charge on any atom is -0.365 e. The van der Waals surface area contributed by atoms with Gasteiger partial charge >= 0.3 is 0 Å². The van der Waals surface area contributed by atoms with Crippen LogP contribution in [0.25, 0.3) is 0 Å². The Kier molecular flexibility index (Phi) is 4.52. The molecule has 0 spiro atoms. The molecular weight excluding hydrogens is 290 g/mol. The highest BCUT2D eigenvalue weighted by atomic mass is 16.1. The van der Waals surface area contributed by atoms with Crippen molar-refractivity contribution in [1.29, 1.82) is 0 Å². The fraction of sp³-hybridized carbons (Fsp3) is 0.353. The van der Waals surface area contributed by atoms with Crippen molar-refractivity contribution in [2.24, 2.45) is 5.73 Å². The first-order chi connectivity index (χ1) is 11.1. The Balaban J connectivity index is 1.60. The van der Waals surface area contributed by atoms with Gasteiger partial charge in [0.25, 0.3) is 5.91 Å². The molecule has 0 unspecified atom stereocenters. The zero-order chi connectivity index (χ0) is 16.2. The van der Waals surface area contributed by atoms with Crippen LogP contribution in [-0.2, 0) is 6.54 Å². The Bertz CT molecular complexity index is 681. The van der Waals surface area contributed by atoms with E-state index in [1.807, 2.05) is 6.07 Å². The number of benzene rings is 1. The molecule has 1 aromatic heterocycles. The summed E-state index contributed by atoms with van der Waals surface area (Å²) in [6.07, 6.45) is 1.52. The summed E-state index contributed by atoms with van der Waals surface area (Å²) >= 11 is 0. The molecule has 6 nitrogen and oxygen atoms in total. The lowest BCUT2D eigenvalue weighted by atomic mass is 10.2. The highest BCUT2D eigenvalue weighted by Crippen LogP contribution is 2.15. The van der Waals surface area contributed by atoms with Crippen molar-refractivity contribution in [2.45, 2.75) is 13.5 Å². The fourth-order valence-corrected chi connectivity index (χ4v) is 2.80. The van der Waals surface area contributed by atoms with Crippen LogP contribution in [0, 0.1) is 6.92 Å². The van der Waals surface area contributed by atoms with Crippen LogP contribution in [0.1, 0.15) is 21.6 Å². The smallest absolute Gasteiger partial charge is 0.252 e. The van der Waals surface area contributed by atoms with Gasteiger partial charge in [-0.2, -0.15) is 0 Å². The number of primary amides is 1. The van der Waals surface area contributed by atoms with Crippen LogP contribution in [0.5, 0.6) is 0 Å². The lowest BCUT2D eigenvalue weighted by Gasteiger charge is -2.34. The molecule has 0 bridgehead atoms. The van der Waals surface area contributed by atoms with Crippen molar-refractivity contribution in [3.8, 4) is 0 Å². The van der Waals surface area contributed by atoms with Crippen LogP contribution in [0.2, 0.25) is 0 Å². The maximum atomic E-state index is 11.2. The number of carbonyl (C=O) groups is 1. The maximum absolute atomic E-state index is 11.2. The summed E-state index contributed by atoms with van der Waals surface area (Å²) in [7, 11) is 0. The van der Waals surface area contributed by atoms with E-state index in [-0.39, 0.29) is 0 Å². The summed E-state index contributed by atoms with van der Waals surface area (Å²) in [5.74, 6) is 0.189. The standard InChI is InChI=1S/C17H21N5O/c1-13-15(16(18)23)11-19-17(20-13)22-9-7-21(8-10-22)12-14-5-3-2-4-6-14/h2-6,11H,7-10,12H2,1H3,(H2,18,23). The van der Waals surface area contributed by atoms with Gasteiger partial charge in [0.1, 0.15) is 0 Å². The number of hydrogen-bond acceptors (Lipinski definition) is 5. The maximum Gasteiger partial charge on any atom is 0.252 e. The van der Waals surface area contributed by atoms with E-state index in [0.717, 1.165) is 32.7 Å². The molecule has 1 aliphatic rings. The van der Waals surface area contributed by atoms with Gasteiger partial charge in [0.2, 0.25) is 5.95 Å². The summed E-state index contributed by atoms with van der Waals surface area (Å²) in [4.78, 5) is 24.5. The van der Waals surface area contributed by atoms with Gasteiger partial charge in [0.15, 0.2) is 0 Å². The second-order valence-corrected chi connectivity index (χ2v) is 5.78. The first-order valence-electron chi connectivity index (χ1n) is 7.78. The monoisotopic (exact) mass is 311 g/mol. The average Bonchev–Trinajstić information content (AvgIpc) is 2.56.